The van der Waals surface area contributed by atoms with Crippen molar-refractivity contribution in [2.24, 2.45) is 0 Å². The third-order valence-electron chi connectivity index (χ3n) is 3.62. The van der Waals surface area contributed by atoms with E-state index in [0.717, 1.165) is 5.02 Å². The number of benzene rings is 1. The summed E-state index contributed by atoms with van der Waals surface area (Å²) in [6, 6.07) is 10.4. The van der Waals surface area contributed by atoms with Crippen LogP contribution in [-0.4, -0.2) is 12.0 Å². The summed E-state index contributed by atoms with van der Waals surface area (Å²) in [5.74, 6) is 0.352. The number of hydrogen-bond donors (Lipinski definition) is 1. The fraction of sp³-hybridized carbons (Fsp3) is 0.312. The van der Waals surface area contributed by atoms with E-state index in [1.165, 1.54) is 16.7 Å². The molecular formula is C16H19ClN2. The second-order valence-corrected chi connectivity index (χ2v) is 5.27. The molecule has 2 rings (SSSR count). The normalized spacial score (nSPS) is 14.1. The van der Waals surface area contributed by atoms with Crippen molar-refractivity contribution in [3.8, 4) is 0 Å². The van der Waals surface area contributed by atoms with Crippen LogP contribution in [0, 0.1) is 6.92 Å². The van der Waals surface area contributed by atoms with Gasteiger partial charge in [0.25, 0.3) is 0 Å². The average Bonchev–Trinajstić information content (AvgIpc) is 2.44. The summed E-state index contributed by atoms with van der Waals surface area (Å²) in [4.78, 5) is 4.08. The maximum Gasteiger partial charge on any atom is 0.0409 e. The molecular weight excluding hydrogens is 256 g/mol. The smallest absolute Gasteiger partial charge is 0.0409 e. The number of nitrogens with zero attached hydrogens (tertiary/aromatic N) is 1. The number of pyridine rings is 1. The zero-order chi connectivity index (χ0) is 13.8. The van der Waals surface area contributed by atoms with Gasteiger partial charge in [-0.15, -0.1) is 0 Å². The Kier molecular flexibility index (Phi) is 4.56. The molecule has 0 aliphatic heterocycles. The molecule has 1 N–H and O–H groups in total. The molecule has 0 aliphatic carbocycles. The van der Waals surface area contributed by atoms with Gasteiger partial charge in [0.15, 0.2) is 0 Å². The number of aryl methyl sites for hydroxylation is 1. The van der Waals surface area contributed by atoms with Gasteiger partial charge in [-0.3, -0.25) is 4.98 Å². The van der Waals surface area contributed by atoms with Crippen LogP contribution in [0.25, 0.3) is 0 Å². The SMILES string of the molecule is CNC(c1cc(Cl)ccc1C)C(C)c1ccncc1. The molecule has 0 saturated heterocycles. The topological polar surface area (TPSA) is 24.9 Å². The standard InChI is InChI=1S/C16H19ClN2/c1-11-4-5-14(17)10-15(11)16(18-3)12(2)13-6-8-19-9-7-13/h4-10,12,16,18H,1-3H3. The van der Waals surface area contributed by atoms with Gasteiger partial charge in [0.05, 0.1) is 0 Å². The third-order valence-corrected chi connectivity index (χ3v) is 3.85. The lowest BCUT2D eigenvalue weighted by molar-refractivity contribution is 0.505. The summed E-state index contributed by atoms with van der Waals surface area (Å²) in [5.41, 5.74) is 3.78. The minimum Gasteiger partial charge on any atom is -0.312 e. The van der Waals surface area contributed by atoms with Crippen molar-refractivity contribution in [1.82, 2.24) is 10.3 Å². The number of aromatic nitrogens is 1. The van der Waals surface area contributed by atoms with Crippen LogP contribution < -0.4 is 5.32 Å². The van der Waals surface area contributed by atoms with Gasteiger partial charge in [0.2, 0.25) is 0 Å². The summed E-state index contributed by atoms with van der Waals surface area (Å²) in [7, 11) is 1.99. The molecule has 1 heterocycles. The first-order chi connectivity index (χ1) is 9.13. The zero-order valence-corrected chi connectivity index (χ0v) is 12.3. The summed E-state index contributed by atoms with van der Waals surface area (Å²) < 4.78 is 0. The second kappa shape index (κ2) is 6.18. The lowest BCUT2D eigenvalue weighted by Crippen LogP contribution is -2.23. The third kappa shape index (κ3) is 3.14. The highest BCUT2D eigenvalue weighted by atomic mass is 35.5. The molecule has 100 valence electrons. The highest BCUT2D eigenvalue weighted by molar-refractivity contribution is 6.30. The van der Waals surface area contributed by atoms with Crippen molar-refractivity contribution < 1.29 is 0 Å². The largest absolute Gasteiger partial charge is 0.312 e. The Bertz CT molecular complexity index is 540. The number of rotatable bonds is 4. The molecule has 2 unspecified atom stereocenters. The molecule has 0 saturated carbocycles. The second-order valence-electron chi connectivity index (χ2n) is 4.84. The predicted octanol–water partition coefficient (Wildman–Crippen LogP) is 4.11. The minimum absolute atomic E-state index is 0.237. The first kappa shape index (κ1) is 14.0. The average molecular weight is 275 g/mol. The Morgan fingerprint density at radius 3 is 2.47 bits per heavy atom. The lowest BCUT2D eigenvalue weighted by Gasteiger charge is -2.26. The zero-order valence-electron chi connectivity index (χ0n) is 11.5. The molecule has 0 aliphatic rings. The number of halogens is 1. The van der Waals surface area contributed by atoms with Gasteiger partial charge < -0.3 is 5.32 Å². The van der Waals surface area contributed by atoms with Crippen LogP contribution in [0.5, 0.6) is 0 Å². The maximum atomic E-state index is 6.13. The first-order valence-corrected chi connectivity index (χ1v) is 6.84. The molecule has 1 aromatic heterocycles. The van der Waals surface area contributed by atoms with E-state index < -0.39 is 0 Å². The molecule has 0 spiro atoms. The highest BCUT2D eigenvalue weighted by Crippen LogP contribution is 2.33. The molecule has 0 bridgehead atoms. The summed E-state index contributed by atoms with van der Waals surface area (Å²) in [6.07, 6.45) is 3.67. The monoisotopic (exact) mass is 274 g/mol. The van der Waals surface area contributed by atoms with E-state index in [-0.39, 0.29) is 6.04 Å². The van der Waals surface area contributed by atoms with Crippen LogP contribution in [0.1, 0.15) is 35.6 Å². The molecule has 3 heteroatoms. The Hall–Kier alpha value is -1.38. The fourth-order valence-corrected chi connectivity index (χ4v) is 2.66. The Morgan fingerprint density at radius 1 is 1.16 bits per heavy atom. The number of likely N-dealkylation sites (N-methyl/N-ethyl adjacent to an activating group) is 1. The van der Waals surface area contributed by atoms with E-state index in [2.05, 4.69) is 48.4 Å². The van der Waals surface area contributed by atoms with Crippen molar-refractivity contribution in [3.05, 3.63) is 64.4 Å². The van der Waals surface area contributed by atoms with Crippen molar-refractivity contribution in [2.45, 2.75) is 25.8 Å². The summed E-state index contributed by atoms with van der Waals surface area (Å²) in [5, 5.41) is 4.19. The van der Waals surface area contributed by atoms with Gasteiger partial charge in [-0.25, -0.2) is 0 Å². The Morgan fingerprint density at radius 2 is 1.84 bits per heavy atom. The Balaban J connectivity index is 2.37. The van der Waals surface area contributed by atoms with E-state index in [0.29, 0.717) is 5.92 Å². The van der Waals surface area contributed by atoms with Gasteiger partial charge in [-0.2, -0.15) is 0 Å². The molecule has 0 fully saturated rings. The molecule has 2 nitrogen and oxygen atoms in total. The quantitative estimate of drug-likeness (QED) is 0.908. The molecule has 2 aromatic rings. The molecule has 1 aromatic carbocycles. The maximum absolute atomic E-state index is 6.13. The van der Waals surface area contributed by atoms with Crippen LogP contribution in [0.2, 0.25) is 5.02 Å². The number of nitrogens with one attached hydrogen (secondary N) is 1. The van der Waals surface area contributed by atoms with Crippen molar-refractivity contribution >= 4 is 11.6 Å². The Labute approximate surface area is 119 Å². The van der Waals surface area contributed by atoms with Crippen molar-refractivity contribution in [1.29, 1.82) is 0 Å². The van der Waals surface area contributed by atoms with Crippen LogP contribution in [0.4, 0.5) is 0 Å². The van der Waals surface area contributed by atoms with Gasteiger partial charge in [0.1, 0.15) is 0 Å². The van der Waals surface area contributed by atoms with Gasteiger partial charge in [-0.05, 0) is 54.9 Å². The van der Waals surface area contributed by atoms with Crippen LogP contribution >= 0.6 is 11.6 Å². The highest BCUT2D eigenvalue weighted by Gasteiger charge is 2.20. The van der Waals surface area contributed by atoms with Crippen LogP contribution in [0.15, 0.2) is 42.7 Å². The summed E-state index contributed by atoms with van der Waals surface area (Å²) >= 11 is 6.13. The number of hydrogen-bond acceptors (Lipinski definition) is 2. The first-order valence-electron chi connectivity index (χ1n) is 6.46. The van der Waals surface area contributed by atoms with Crippen molar-refractivity contribution in [2.75, 3.05) is 7.05 Å². The van der Waals surface area contributed by atoms with Gasteiger partial charge in [0, 0.05) is 29.4 Å². The van der Waals surface area contributed by atoms with E-state index in [1.54, 1.807) is 0 Å². The fourth-order valence-electron chi connectivity index (χ4n) is 2.48. The summed E-state index contributed by atoms with van der Waals surface area (Å²) in [6.45, 7) is 4.34. The molecule has 0 amide bonds. The van der Waals surface area contributed by atoms with E-state index >= 15 is 0 Å². The van der Waals surface area contributed by atoms with E-state index in [1.807, 2.05) is 25.5 Å². The van der Waals surface area contributed by atoms with Gasteiger partial charge in [-0.1, -0.05) is 24.6 Å². The van der Waals surface area contributed by atoms with E-state index in [4.69, 9.17) is 11.6 Å². The van der Waals surface area contributed by atoms with E-state index in [9.17, 15) is 0 Å². The van der Waals surface area contributed by atoms with Crippen LogP contribution in [0.3, 0.4) is 0 Å². The molecule has 2 atom stereocenters. The van der Waals surface area contributed by atoms with Gasteiger partial charge >= 0.3 is 0 Å². The molecule has 0 radical (unpaired) electrons. The van der Waals surface area contributed by atoms with Crippen molar-refractivity contribution in [3.63, 3.8) is 0 Å². The molecule has 19 heavy (non-hydrogen) atoms. The van der Waals surface area contributed by atoms with Crippen LogP contribution in [-0.2, 0) is 0 Å². The predicted molar refractivity (Wildman–Crippen MR) is 80.6 cm³/mol. The lowest BCUT2D eigenvalue weighted by atomic mass is 9.87. The minimum atomic E-state index is 0.237.